The Morgan fingerprint density at radius 3 is 2.56 bits per heavy atom. The molecular weight excluding hydrogens is 336 g/mol. The van der Waals surface area contributed by atoms with Gasteiger partial charge >= 0.3 is 0 Å². The van der Waals surface area contributed by atoms with Crippen LogP contribution in [0.15, 0.2) is 77.9 Å². The average molecular weight is 354 g/mol. The summed E-state index contributed by atoms with van der Waals surface area (Å²) in [5, 5.41) is 5.78. The molecule has 0 amide bonds. The summed E-state index contributed by atoms with van der Waals surface area (Å²) in [6, 6.07) is 19.9. The average Bonchev–Trinajstić information content (AvgIpc) is 2.68. The van der Waals surface area contributed by atoms with Gasteiger partial charge in [-0.2, -0.15) is 9.78 Å². The lowest BCUT2D eigenvalue weighted by Gasteiger charge is -2.33. The van der Waals surface area contributed by atoms with Crippen LogP contribution in [0.3, 0.4) is 0 Å². The van der Waals surface area contributed by atoms with Crippen LogP contribution in [0.5, 0.6) is 0 Å². The lowest BCUT2D eigenvalue weighted by Crippen LogP contribution is -2.36. The van der Waals surface area contributed by atoms with Gasteiger partial charge < -0.3 is 4.90 Å². The van der Waals surface area contributed by atoms with Gasteiger partial charge in [0, 0.05) is 30.4 Å². The topological polar surface area (TPSA) is 51.0 Å². The lowest BCUT2D eigenvalue weighted by molar-refractivity contribution is 0.618. The minimum Gasteiger partial charge on any atom is -0.371 e. The number of pyridine rings is 1. The molecule has 2 aromatic carbocycles. The molecule has 0 spiro atoms. The van der Waals surface area contributed by atoms with Crippen LogP contribution >= 0.6 is 0 Å². The predicted octanol–water partition coefficient (Wildman–Crippen LogP) is 3.66. The van der Waals surface area contributed by atoms with Crippen molar-refractivity contribution in [3.05, 3.63) is 83.4 Å². The maximum atomic E-state index is 12.8. The van der Waals surface area contributed by atoms with Gasteiger partial charge in [-0.05, 0) is 53.9 Å². The van der Waals surface area contributed by atoms with E-state index >= 15 is 0 Å². The van der Waals surface area contributed by atoms with Crippen molar-refractivity contribution in [1.29, 1.82) is 0 Å². The van der Waals surface area contributed by atoms with E-state index < -0.39 is 0 Å². The van der Waals surface area contributed by atoms with Crippen LogP contribution in [0.2, 0.25) is 0 Å². The van der Waals surface area contributed by atoms with E-state index in [1.165, 1.54) is 16.8 Å². The van der Waals surface area contributed by atoms with Crippen LogP contribution in [0, 0.1) is 0 Å². The number of rotatable bonds is 3. The molecule has 0 saturated carbocycles. The summed E-state index contributed by atoms with van der Waals surface area (Å²) in [5.74, 6) is 0.524. The van der Waals surface area contributed by atoms with E-state index in [1.54, 1.807) is 18.5 Å². The highest BCUT2D eigenvalue weighted by atomic mass is 16.1. The zero-order valence-electron chi connectivity index (χ0n) is 14.7. The zero-order valence-corrected chi connectivity index (χ0v) is 14.7. The number of benzene rings is 2. The molecule has 1 aliphatic rings. The second-order valence-electron chi connectivity index (χ2n) is 6.74. The standard InChI is InChI=1S/C22H18N4O/c27-22-20-9-8-17(16-5-3-6-19(14-16)25-11-4-12-25)13-18(20)15-24-26(22)21-7-1-2-10-23-21/h1-3,5-10,13-15H,4,11-12H2. The van der Waals surface area contributed by atoms with E-state index in [0.29, 0.717) is 11.2 Å². The molecule has 0 radical (unpaired) electrons. The molecule has 132 valence electrons. The van der Waals surface area contributed by atoms with E-state index in [2.05, 4.69) is 39.2 Å². The van der Waals surface area contributed by atoms with Crippen LogP contribution in [-0.4, -0.2) is 27.9 Å². The molecule has 0 atom stereocenters. The Kier molecular flexibility index (Phi) is 3.71. The Morgan fingerprint density at radius 2 is 1.78 bits per heavy atom. The smallest absolute Gasteiger partial charge is 0.280 e. The molecule has 0 bridgehead atoms. The summed E-state index contributed by atoms with van der Waals surface area (Å²) < 4.78 is 1.34. The van der Waals surface area contributed by atoms with Crippen molar-refractivity contribution in [2.75, 3.05) is 18.0 Å². The Morgan fingerprint density at radius 1 is 0.889 bits per heavy atom. The van der Waals surface area contributed by atoms with Gasteiger partial charge in [0.05, 0.1) is 11.6 Å². The second kappa shape index (κ2) is 6.36. The molecule has 0 N–H and O–H groups in total. The molecule has 1 aliphatic heterocycles. The Labute approximate surface area is 156 Å². The molecule has 1 saturated heterocycles. The van der Waals surface area contributed by atoms with E-state index in [9.17, 15) is 4.79 Å². The van der Waals surface area contributed by atoms with E-state index in [0.717, 1.165) is 29.6 Å². The molecule has 5 rings (SSSR count). The van der Waals surface area contributed by atoms with Gasteiger partial charge in [0.2, 0.25) is 0 Å². The highest BCUT2D eigenvalue weighted by molar-refractivity contribution is 5.86. The molecular formula is C22H18N4O. The van der Waals surface area contributed by atoms with Crippen LogP contribution in [0.1, 0.15) is 6.42 Å². The van der Waals surface area contributed by atoms with Crippen LogP contribution in [0.25, 0.3) is 27.7 Å². The van der Waals surface area contributed by atoms with Gasteiger partial charge in [-0.25, -0.2) is 4.98 Å². The van der Waals surface area contributed by atoms with Crippen molar-refractivity contribution in [3.63, 3.8) is 0 Å². The number of anilines is 1. The van der Waals surface area contributed by atoms with E-state index in [1.807, 2.05) is 30.3 Å². The first-order valence-electron chi connectivity index (χ1n) is 9.08. The summed E-state index contributed by atoms with van der Waals surface area (Å²) in [7, 11) is 0. The SMILES string of the molecule is O=c1c2ccc(-c3cccc(N4CCC4)c3)cc2cnn1-c1ccccn1. The minimum atomic E-state index is -0.160. The summed E-state index contributed by atoms with van der Waals surface area (Å²) in [4.78, 5) is 19.4. The monoisotopic (exact) mass is 354 g/mol. The van der Waals surface area contributed by atoms with Gasteiger partial charge in [0.25, 0.3) is 5.56 Å². The van der Waals surface area contributed by atoms with Gasteiger partial charge in [-0.3, -0.25) is 4.79 Å². The molecule has 4 aromatic rings. The normalized spacial score (nSPS) is 13.6. The fourth-order valence-electron chi connectivity index (χ4n) is 3.43. The van der Waals surface area contributed by atoms with Gasteiger partial charge in [0.15, 0.2) is 5.82 Å². The number of hydrogen-bond donors (Lipinski definition) is 0. The van der Waals surface area contributed by atoms with Crippen molar-refractivity contribution in [2.45, 2.75) is 6.42 Å². The molecule has 3 heterocycles. The number of nitrogens with zero attached hydrogens (tertiary/aromatic N) is 4. The highest BCUT2D eigenvalue weighted by Crippen LogP contribution is 2.28. The van der Waals surface area contributed by atoms with Crippen LogP contribution in [-0.2, 0) is 0 Å². The van der Waals surface area contributed by atoms with Gasteiger partial charge in [-0.1, -0.05) is 24.3 Å². The summed E-state index contributed by atoms with van der Waals surface area (Å²) in [6.45, 7) is 2.25. The number of hydrogen-bond acceptors (Lipinski definition) is 4. The lowest BCUT2D eigenvalue weighted by atomic mass is 10.0. The summed E-state index contributed by atoms with van der Waals surface area (Å²) in [6.07, 6.45) is 4.64. The first kappa shape index (κ1) is 15.8. The fourth-order valence-corrected chi connectivity index (χ4v) is 3.43. The third kappa shape index (κ3) is 2.77. The van der Waals surface area contributed by atoms with E-state index in [-0.39, 0.29) is 5.56 Å². The maximum absolute atomic E-state index is 12.8. The van der Waals surface area contributed by atoms with Crippen molar-refractivity contribution in [2.24, 2.45) is 0 Å². The molecule has 0 aliphatic carbocycles. The molecule has 5 heteroatoms. The quantitative estimate of drug-likeness (QED) is 0.563. The number of fused-ring (bicyclic) bond motifs is 1. The van der Waals surface area contributed by atoms with Crippen molar-refractivity contribution in [1.82, 2.24) is 14.8 Å². The Bertz CT molecular complexity index is 1180. The molecule has 5 nitrogen and oxygen atoms in total. The van der Waals surface area contributed by atoms with Crippen molar-refractivity contribution in [3.8, 4) is 16.9 Å². The summed E-state index contributed by atoms with van der Waals surface area (Å²) >= 11 is 0. The fraction of sp³-hybridized carbons (Fsp3) is 0.136. The largest absolute Gasteiger partial charge is 0.371 e. The Hall–Kier alpha value is -3.47. The number of aromatic nitrogens is 3. The van der Waals surface area contributed by atoms with Crippen LogP contribution in [0.4, 0.5) is 5.69 Å². The van der Waals surface area contributed by atoms with Gasteiger partial charge in [-0.15, -0.1) is 0 Å². The third-order valence-corrected chi connectivity index (χ3v) is 5.05. The minimum absolute atomic E-state index is 0.160. The summed E-state index contributed by atoms with van der Waals surface area (Å²) in [5.41, 5.74) is 3.33. The Balaban J connectivity index is 1.58. The van der Waals surface area contributed by atoms with Gasteiger partial charge in [0.1, 0.15) is 0 Å². The molecule has 27 heavy (non-hydrogen) atoms. The zero-order chi connectivity index (χ0) is 18.2. The first-order valence-corrected chi connectivity index (χ1v) is 9.08. The highest BCUT2D eigenvalue weighted by Gasteiger charge is 2.15. The molecule has 0 unspecified atom stereocenters. The van der Waals surface area contributed by atoms with E-state index in [4.69, 9.17) is 0 Å². The maximum Gasteiger partial charge on any atom is 0.280 e. The first-order chi connectivity index (χ1) is 13.3. The van der Waals surface area contributed by atoms with Crippen LogP contribution < -0.4 is 10.5 Å². The second-order valence-corrected chi connectivity index (χ2v) is 6.74. The third-order valence-electron chi connectivity index (χ3n) is 5.05. The predicted molar refractivity (Wildman–Crippen MR) is 107 cm³/mol. The van der Waals surface area contributed by atoms with Crippen molar-refractivity contribution < 1.29 is 0 Å². The molecule has 2 aromatic heterocycles. The van der Waals surface area contributed by atoms with Crippen molar-refractivity contribution >= 4 is 16.5 Å². The molecule has 1 fully saturated rings.